The molecule has 1 aliphatic heterocycles. The molecule has 1 amide bonds. The zero-order chi connectivity index (χ0) is 14.8. The summed E-state index contributed by atoms with van der Waals surface area (Å²) in [5.41, 5.74) is 1.53. The predicted molar refractivity (Wildman–Crippen MR) is 85.0 cm³/mol. The van der Waals surface area contributed by atoms with Crippen LogP contribution < -0.4 is 5.32 Å². The largest absolute Gasteiger partial charge is 0.355 e. The van der Waals surface area contributed by atoms with Gasteiger partial charge in [-0.1, -0.05) is 20.8 Å². The molecule has 0 radical (unpaired) electrons. The van der Waals surface area contributed by atoms with Crippen molar-refractivity contribution >= 4 is 17.2 Å². The summed E-state index contributed by atoms with van der Waals surface area (Å²) in [7, 11) is 0. The van der Waals surface area contributed by atoms with Gasteiger partial charge in [0, 0.05) is 37.0 Å². The number of hydrogen-bond donors (Lipinski definition) is 1. The number of hydrogen-bond acceptors (Lipinski definition) is 3. The molecule has 1 aliphatic rings. The predicted octanol–water partition coefficient (Wildman–Crippen LogP) is 3.05. The first-order chi connectivity index (χ1) is 9.35. The Morgan fingerprint density at radius 2 is 2.25 bits per heavy atom. The zero-order valence-electron chi connectivity index (χ0n) is 13.0. The Hall–Kier alpha value is -0.870. The third-order valence-electron chi connectivity index (χ3n) is 3.75. The molecule has 1 atom stereocenters. The molecule has 0 spiro atoms. The second-order valence-electron chi connectivity index (χ2n) is 6.98. The molecule has 2 rings (SSSR count). The molecule has 1 unspecified atom stereocenters. The maximum atomic E-state index is 11.9. The van der Waals surface area contributed by atoms with Gasteiger partial charge >= 0.3 is 0 Å². The molecule has 112 valence electrons. The first kappa shape index (κ1) is 15.5. The van der Waals surface area contributed by atoms with Crippen molar-refractivity contribution in [2.75, 3.05) is 13.1 Å². The van der Waals surface area contributed by atoms with Gasteiger partial charge in [-0.3, -0.25) is 9.69 Å². The highest BCUT2D eigenvalue weighted by molar-refractivity contribution is 7.10. The second kappa shape index (κ2) is 6.27. The van der Waals surface area contributed by atoms with Crippen LogP contribution in [0.15, 0.2) is 11.4 Å². The molecule has 2 heterocycles. The smallest absolute Gasteiger partial charge is 0.220 e. The maximum Gasteiger partial charge on any atom is 0.220 e. The van der Waals surface area contributed by atoms with Crippen molar-refractivity contribution in [3.8, 4) is 0 Å². The van der Waals surface area contributed by atoms with Gasteiger partial charge in [0.1, 0.15) is 0 Å². The van der Waals surface area contributed by atoms with E-state index in [-0.39, 0.29) is 11.3 Å². The third-order valence-corrected chi connectivity index (χ3v) is 4.77. The number of nitrogens with one attached hydrogen (secondary N) is 1. The van der Waals surface area contributed by atoms with E-state index < -0.39 is 0 Å². The second-order valence-corrected chi connectivity index (χ2v) is 7.98. The maximum absolute atomic E-state index is 11.9. The van der Waals surface area contributed by atoms with Gasteiger partial charge in [0.05, 0.1) is 0 Å². The van der Waals surface area contributed by atoms with E-state index in [0.29, 0.717) is 12.5 Å². The fraction of sp³-hybridized carbons (Fsp3) is 0.688. The summed E-state index contributed by atoms with van der Waals surface area (Å²) in [5, 5.41) is 5.26. The molecule has 3 nitrogen and oxygen atoms in total. The standard InChI is InChI=1S/C16H26N2OS/c1-12(10-17-15(19)9-16(2,3)4)18-7-5-14-13(11-18)6-8-20-14/h6,8,12H,5,7,9-11H2,1-4H3,(H,17,19). The number of rotatable bonds is 4. The summed E-state index contributed by atoms with van der Waals surface area (Å²) in [6, 6.07) is 2.63. The molecule has 0 aromatic carbocycles. The van der Waals surface area contributed by atoms with Crippen LogP contribution in [0.2, 0.25) is 0 Å². The van der Waals surface area contributed by atoms with Gasteiger partial charge < -0.3 is 5.32 Å². The highest BCUT2D eigenvalue weighted by Crippen LogP contribution is 2.25. The molecule has 1 aromatic rings. The molecule has 0 fully saturated rings. The lowest BCUT2D eigenvalue weighted by Crippen LogP contribution is -2.44. The summed E-state index contributed by atoms with van der Waals surface area (Å²) in [4.78, 5) is 15.9. The summed E-state index contributed by atoms with van der Waals surface area (Å²) < 4.78 is 0. The van der Waals surface area contributed by atoms with Crippen LogP contribution >= 0.6 is 11.3 Å². The number of amides is 1. The number of carbonyl (C=O) groups excluding carboxylic acids is 1. The lowest BCUT2D eigenvalue weighted by molar-refractivity contribution is -0.123. The van der Waals surface area contributed by atoms with Gasteiger partial charge in [0.25, 0.3) is 0 Å². The van der Waals surface area contributed by atoms with Gasteiger partial charge in [-0.15, -0.1) is 11.3 Å². The van der Waals surface area contributed by atoms with Gasteiger partial charge in [0.15, 0.2) is 0 Å². The number of nitrogens with zero attached hydrogens (tertiary/aromatic N) is 1. The summed E-state index contributed by atoms with van der Waals surface area (Å²) in [5.74, 6) is 0.164. The molecule has 0 aliphatic carbocycles. The Kier molecular flexibility index (Phi) is 4.86. The molecular weight excluding hydrogens is 268 g/mol. The molecule has 4 heteroatoms. The molecule has 1 aromatic heterocycles. The average Bonchev–Trinajstić information content (AvgIpc) is 2.80. The van der Waals surface area contributed by atoms with E-state index in [2.05, 4.69) is 49.4 Å². The van der Waals surface area contributed by atoms with Crippen LogP contribution in [0.5, 0.6) is 0 Å². The van der Waals surface area contributed by atoms with E-state index in [0.717, 1.165) is 26.1 Å². The summed E-state index contributed by atoms with van der Waals surface area (Å²) >= 11 is 1.87. The molecule has 0 saturated carbocycles. The third kappa shape index (κ3) is 4.32. The monoisotopic (exact) mass is 294 g/mol. The SMILES string of the molecule is CC(CNC(=O)CC(C)(C)C)N1CCc2sccc2C1. The van der Waals surface area contributed by atoms with E-state index in [1.165, 1.54) is 10.4 Å². The van der Waals surface area contributed by atoms with Crippen LogP contribution in [0.3, 0.4) is 0 Å². The molecule has 0 saturated heterocycles. The summed E-state index contributed by atoms with van der Waals surface area (Å²) in [6.45, 7) is 11.4. The van der Waals surface area contributed by atoms with Crippen LogP contribution in [0.4, 0.5) is 0 Å². The molecular formula is C16H26N2OS. The fourth-order valence-corrected chi connectivity index (χ4v) is 3.47. The zero-order valence-corrected chi connectivity index (χ0v) is 13.8. The van der Waals surface area contributed by atoms with E-state index in [9.17, 15) is 4.79 Å². The van der Waals surface area contributed by atoms with Crippen molar-refractivity contribution in [1.29, 1.82) is 0 Å². The van der Waals surface area contributed by atoms with E-state index in [4.69, 9.17) is 0 Å². The van der Waals surface area contributed by atoms with Crippen LogP contribution in [0.1, 0.15) is 44.6 Å². The van der Waals surface area contributed by atoms with E-state index >= 15 is 0 Å². The lowest BCUT2D eigenvalue weighted by atomic mass is 9.92. The Morgan fingerprint density at radius 1 is 1.50 bits per heavy atom. The Labute approximate surface area is 126 Å². The van der Waals surface area contributed by atoms with Crippen molar-refractivity contribution in [3.63, 3.8) is 0 Å². The van der Waals surface area contributed by atoms with Crippen molar-refractivity contribution in [3.05, 3.63) is 21.9 Å². The first-order valence-electron chi connectivity index (χ1n) is 7.41. The van der Waals surface area contributed by atoms with Gasteiger partial charge in [0.2, 0.25) is 5.91 Å². The highest BCUT2D eigenvalue weighted by atomic mass is 32.1. The van der Waals surface area contributed by atoms with Gasteiger partial charge in [-0.2, -0.15) is 0 Å². The Morgan fingerprint density at radius 3 is 2.95 bits per heavy atom. The quantitative estimate of drug-likeness (QED) is 0.925. The molecule has 20 heavy (non-hydrogen) atoms. The van der Waals surface area contributed by atoms with E-state index in [1.54, 1.807) is 0 Å². The topological polar surface area (TPSA) is 32.3 Å². The van der Waals surface area contributed by atoms with Crippen LogP contribution in [0, 0.1) is 5.41 Å². The normalized spacial score (nSPS) is 17.6. The van der Waals surface area contributed by atoms with Gasteiger partial charge in [-0.05, 0) is 35.8 Å². The van der Waals surface area contributed by atoms with Crippen LogP contribution in [-0.2, 0) is 17.8 Å². The van der Waals surface area contributed by atoms with Crippen LogP contribution in [0.25, 0.3) is 0 Å². The average molecular weight is 294 g/mol. The summed E-state index contributed by atoms with van der Waals surface area (Å²) in [6.07, 6.45) is 1.74. The Bertz CT molecular complexity index is 461. The van der Waals surface area contributed by atoms with Crippen molar-refractivity contribution in [1.82, 2.24) is 10.2 Å². The highest BCUT2D eigenvalue weighted by Gasteiger charge is 2.22. The first-order valence-corrected chi connectivity index (χ1v) is 8.29. The van der Waals surface area contributed by atoms with Gasteiger partial charge in [-0.25, -0.2) is 0 Å². The van der Waals surface area contributed by atoms with Crippen molar-refractivity contribution in [2.45, 2.75) is 53.1 Å². The van der Waals surface area contributed by atoms with Crippen molar-refractivity contribution < 1.29 is 4.79 Å². The fourth-order valence-electron chi connectivity index (χ4n) is 2.58. The molecule has 0 bridgehead atoms. The Balaban J connectivity index is 1.79. The molecule has 1 N–H and O–H groups in total. The number of carbonyl (C=O) groups is 1. The number of fused-ring (bicyclic) bond motifs is 1. The minimum atomic E-state index is 0.0595. The van der Waals surface area contributed by atoms with Crippen LogP contribution in [-0.4, -0.2) is 29.9 Å². The lowest BCUT2D eigenvalue weighted by Gasteiger charge is -2.32. The van der Waals surface area contributed by atoms with E-state index in [1.807, 2.05) is 11.3 Å². The minimum Gasteiger partial charge on any atom is -0.355 e. The van der Waals surface area contributed by atoms with Crippen molar-refractivity contribution in [2.24, 2.45) is 5.41 Å². The minimum absolute atomic E-state index is 0.0595. The number of thiophene rings is 1.